The smallest absolute Gasteiger partial charge is 0.256 e. The Bertz CT molecular complexity index is 1160. The lowest BCUT2D eigenvalue weighted by Gasteiger charge is -2.34. The van der Waals surface area contributed by atoms with Crippen LogP contribution in [0.5, 0.6) is 5.75 Å². The first kappa shape index (κ1) is 28.2. The summed E-state index contributed by atoms with van der Waals surface area (Å²) in [6.45, 7) is 6.31. The number of hydrogen-bond acceptors (Lipinski definition) is 8. The number of hydrogen-bond donors (Lipinski definition) is 4. The molecule has 8 nitrogen and oxygen atoms in total. The highest BCUT2D eigenvalue weighted by molar-refractivity contribution is 7.80. The number of methoxy groups -OCH3 is 1. The molecular weight excluding hydrogens is 522 g/mol. The monoisotopic (exact) mass is 557 g/mol. The molecule has 1 unspecified atom stereocenters. The van der Waals surface area contributed by atoms with Crippen LogP contribution in [0.4, 0.5) is 0 Å². The number of aliphatic hydroxyl groups is 2. The van der Waals surface area contributed by atoms with Crippen LogP contribution in [0.3, 0.4) is 0 Å². The number of nitrogens with zero attached hydrogens (tertiary/aromatic N) is 1. The van der Waals surface area contributed by atoms with Crippen LogP contribution in [0, 0.1) is 11.8 Å². The molecular formula is C28H35N3O5S2. The van der Waals surface area contributed by atoms with Crippen LogP contribution in [-0.4, -0.2) is 57.1 Å². The number of likely N-dealkylation sites (tertiary alicyclic amines) is 1. The normalized spacial score (nSPS) is 23.9. The SMILES string of the molecule is CC[C@@H]1C(=S)NC(=O)C(C(C2=C(O)[C@@H](CC)C(=S)NC2=O)c2ccc(OC)c(CN3CCCCC3)c2)=C1O. The van der Waals surface area contributed by atoms with E-state index >= 15 is 0 Å². The Labute approximate surface area is 234 Å². The van der Waals surface area contributed by atoms with Crippen molar-refractivity contribution in [3.8, 4) is 5.75 Å². The fraction of sp³-hybridized carbons (Fsp3) is 0.500. The highest BCUT2D eigenvalue weighted by Crippen LogP contribution is 2.42. The van der Waals surface area contributed by atoms with Crippen molar-refractivity contribution >= 4 is 46.2 Å². The van der Waals surface area contributed by atoms with Crippen LogP contribution >= 0.6 is 24.4 Å². The molecule has 3 heterocycles. The first-order valence-electron chi connectivity index (χ1n) is 13.2. The van der Waals surface area contributed by atoms with E-state index in [0.29, 0.717) is 30.7 Å². The summed E-state index contributed by atoms with van der Waals surface area (Å²) in [6, 6.07) is 5.48. The summed E-state index contributed by atoms with van der Waals surface area (Å²) in [5, 5.41) is 28.1. The summed E-state index contributed by atoms with van der Waals surface area (Å²) in [4.78, 5) is 29.6. The van der Waals surface area contributed by atoms with Gasteiger partial charge in [-0.15, -0.1) is 0 Å². The number of amides is 2. The highest BCUT2D eigenvalue weighted by atomic mass is 32.1. The molecule has 204 valence electrons. The lowest BCUT2D eigenvalue weighted by atomic mass is 9.76. The van der Waals surface area contributed by atoms with Crippen LogP contribution in [0.15, 0.2) is 40.9 Å². The van der Waals surface area contributed by atoms with E-state index < -0.39 is 29.6 Å². The minimum atomic E-state index is -1.05. The number of carbonyl (C=O) groups is 2. The van der Waals surface area contributed by atoms with Crippen LogP contribution in [-0.2, 0) is 16.1 Å². The van der Waals surface area contributed by atoms with Crippen LogP contribution < -0.4 is 15.4 Å². The molecule has 0 spiro atoms. The molecule has 0 radical (unpaired) electrons. The van der Waals surface area contributed by atoms with Gasteiger partial charge in [-0.3, -0.25) is 14.5 Å². The van der Waals surface area contributed by atoms with E-state index in [1.807, 2.05) is 26.0 Å². The second-order valence-electron chi connectivity index (χ2n) is 10.00. The van der Waals surface area contributed by atoms with Gasteiger partial charge in [0.2, 0.25) is 0 Å². The molecule has 3 atom stereocenters. The molecule has 0 saturated carbocycles. The van der Waals surface area contributed by atoms with E-state index in [1.54, 1.807) is 13.2 Å². The summed E-state index contributed by atoms with van der Waals surface area (Å²) in [5.74, 6) is -3.07. The molecule has 0 aromatic heterocycles. The number of piperidine rings is 1. The largest absolute Gasteiger partial charge is 0.511 e. The van der Waals surface area contributed by atoms with Crippen molar-refractivity contribution in [1.82, 2.24) is 15.5 Å². The Balaban J connectivity index is 1.93. The average Bonchev–Trinajstić information content (AvgIpc) is 2.88. The van der Waals surface area contributed by atoms with E-state index in [0.717, 1.165) is 31.5 Å². The third-order valence-electron chi connectivity index (χ3n) is 7.68. The maximum atomic E-state index is 13.4. The standard InChI is InChI=1S/C28H35N3O5S2/c1-4-17-23(32)21(25(34)29-27(17)37)20(22-24(33)18(5-2)28(38)30-26(22)35)15-9-10-19(36-3)16(13-15)14-31-11-7-6-8-12-31/h9-10,13,17-18,20,32-33H,4-8,11-12,14H2,1-3H3,(H,29,34,37)(H,30,35,38)/t17-,18+,20?. The number of benzene rings is 1. The van der Waals surface area contributed by atoms with Crippen molar-refractivity contribution in [3.63, 3.8) is 0 Å². The number of rotatable bonds is 8. The number of carbonyl (C=O) groups excluding carboxylic acids is 2. The Morgan fingerprint density at radius 2 is 1.47 bits per heavy atom. The third kappa shape index (κ3) is 5.34. The molecule has 38 heavy (non-hydrogen) atoms. The maximum absolute atomic E-state index is 13.4. The van der Waals surface area contributed by atoms with Gasteiger partial charge in [0.25, 0.3) is 11.8 Å². The lowest BCUT2D eigenvalue weighted by Crippen LogP contribution is -2.46. The molecule has 4 N–H and O–H groups in total. The van der Waals surface area contributed by atoms with Crippen LogP contribution in [0.1, 0.15) is 63.0 Å². The summed E-state index contributed by atoms with van der Waals surface area (Å²) >= 11 is 10.7. The van der Waals surface area contributed by atoms with Crippen molar-refractivity contribution in [3.05, 3.63) is 52.0 Å². The molecule has 1 aromatic carbocycles. The van der Waals surface area contributed by atoms with Crippen molar-refractivity contribution in [2.75, 3.05) is 20.2 Å². The van der Waals surface area contributed by atoms with E-state index in [-0.39, 0.29) is 32.6 Å². The topological polar surface area (TPSA) is 111 Å². The third-order valence-corrected chi connectivity index (χ3v) is 8.46. The van der Waals surface area contributed by atoms with Crippen molar-refractivity contribution in [1.29, 1.82) is 0 Å². The average molecular weight is 558 g/mol. The zero-order chi connectivity index (χ0) is 27.6. The van der Waals surface area contributed by atoms with E-state index in [1.165, 1.54) is 6.42 Å². The van der Waals surface area contributed by atoms with E-state index in [9.17, 15) is 19.8 Å². The summed E-state index contributed by atoms with van der Waals surface area (Å²) in [6.07, 6.45) is 4.39. The van der Waals surface area contributed by atoms with Gasteiger partial charge in [-0.25, -0.2) is 0 Å². The van der Waals surface area contributed by atoms with Gasteiger partial charge in [-0.05, 0) is 56.5 Å². The first-order chi connectivity index (χ1) is 18.2. The van der Waals surface area contributed by atoms with Gasteiger partial charge in [-0.2, -0.15) is 0 Å². The first-order valence-corrected chi connectivity index (χ1v) is 14.0. The van der Waals surface area contributed by atoms with Crippen LogP contribution in [0.25, 0.3) is 0 Å². The molecule has 0 bridgehead atoms. The van der Waals surface area contributed by atoms with Gasteiger partial charge in [0.15, 0.2) is 0 Å². The minimum absolute atomic E-state index is 0.00101. The second-order valence-corrected chi connectivity index (χ2v) is 10.9. The van der Waals surface area contributed by atoms with Gasteiger partial charge in [-0.1, -0.05) is 50.8 Å². The van der Waals surface area contributed by atoms with Crippen molar-refractivity contribution in [2.45, 2.75) is 58.4 Å². The Morgan fingerprint density at radius 1 is 0.947 bits per heavy atom. The Kier molecular flexibility index (Phi) is 8.85. The Morgan fingerprint density at radius 3 is 1.95 bits per heavy atom. The molecule has 4 rings (SSSR count). The molecule has 3 aliphatic heterocycles. The zero-order valence-electron chi connectivity index (χ0n) is 22.0. The van der Waals surface area contributed by atoms with Gasteiger partial charge in [0.05, 0.1) is 46.0 Å². The van der Waals surface area contributed by atoms with Crippen molar-refractivity contribution in [2.24, 2.45) is 11.8 Å². The Hall–Kier alpha value is -2.82. The molecule has 1 aromatic rings. The lowest BCUT2D eigenvalue weighted by molar-refractivity contribution is -0.117. The zero-order valence-corrected chi connectivity index (χ0v) is 23.6. The predicted molar refractivity (Wildman–Crippen MR) is 153 cm³/mol. The molecule has 3 aliphatic rings. The minimum Gasteiger partial charge on any atom is -0.511 e. The van der Waals surface area contributed by atoms with E-state index in [2.05, 4.69) is 15.5 Å². The fourth-order valence-electron chi connectivity index (χ4n) is 5.64. The predicted octanol–water partition coefficient (Wildman–Crippen LogP) is 4.36. The molecule has 1 fully saturated rings. The molecule has 1 saturated heterocycles. The summed E-state index contributed by atoms with van der Waals surface area (Å²) in [5.41, 5.74) is 1.48. The van der Waals surface area contributed by atoms with Gasteiger partial charge in [0.1, 0.15) is 17.3 Å². The molecule has 0 aliphatic carbocycles. The van der Waals surface area contributed by atoms with Gasteiger partial charge < -0.3 is 25.6 Å². The highest BCUT2D eigenvalue weighted by Gasteiger charge is 2.43. The number of thiocarbonyl (C=S) groups is 2. The fourth-order valence-corrected chi connectivity index (χ4v) is 6.38. The van der Waals surface area contributed by atoms with Crippen molar-refractivity contribution < 1.29 is 24.5 Å². The second kappa shape index (κ2) is 11.9. The number of aliphatic hydroxyl groups excluding tert-OH is 2. The summed E-state index contributed by atoms with van der Waals surface area (Å²) in [7, 11) is 1.61. The maximum Gasteiger partial charge on any atom is 0.256 e. The van der Waals surface area contributed by atoms with Crippen LogP contribution in [0.2, 0.25) is 0 Å². The van der Waals surface area contributed by atoms with Gasteiger partial charge >= 0.3 is 0 Å². The summed E-state index contributed by atoms with van der Waals surface area (Å²) < 4.78 is 5.65. The number of ether oxygens (including phenoxy) is 1. The number of nitrogens with one attached hydrogen (secondary N) is 2. The van der Waals surface area contributed by atoms with Gasteiger partial charge in [0, 0.05) is 12.1 Å². The quantitative estimate of drug-likeness (QED) is 0.349. The molecule has 10 heteroatoms. The molecule has 2 amide bonds. The van der Waals surface area contributed by atoms with E-state index in [4.69, 9.17) is 29.2 Å².